The molecule has 2 rings (SSSR count). The van der Waals surface area contributed by atoms with Crippen LogP contribution >= 0.6 is 11.6 Å². The molecule has 0 atom stereocenters. The lowest BCUT2D eigenvalue weighted by molar-refractivity contribution is -0.128. The van der Waals surface area contributed by atoms with Gasteiger partial charge in [-0.2, -0.15) is 0 Å². The zero-order chi connectivity index (χ0) is 13.1. The molecule has 98 valence electrons. The molecule has 1 aromatic carbocycles. The number of nitrogens with zero attached hydrogens (tertiary/aromatic N) is 1. The van der Waals surface area contributed by atoms with Gasteiger partial charge in [-0.3, -0.25) is 4.79 Å². The Kier molecular flexibility index (Phi) is 4.12. The van der Waals surface area contributed by atoms with Gasteiger partial charge in [0.15, 0.2) is 0 Å². The maximum Gasteiger partial charge on any atom is 0.222 e. The van der Waals surface area contributed by atoms with E-state index in [0.29, 0.717) is 19.6 Å². The SMILES string of the molecule is Cc1cc(OCCN2CCCC2=O)cc(C)c1Cl. The van der Waals surface area contributed by atoms with Crippen LogP contribution in [-0.2, 0) is 4.79 Å². The number of ether oxygens (including phenoxy) is 1. The molecule has 18 heavy (non-hydrogen) atoms. The molecule has 1 fully saturated rings. The molecule has 1 saturated heterocycles. The van der Waals surface area contributed by atoms with E-state index in [0.717, 1.165) is 34.9 Å². The monoisotopic (exact) mass is 267 g/mol. The van der Waals surface area contributed by atoms with Gasteiger partial charge < -0.3 is 9.64 Å². The van der Waals surface area contributed by atoms with Crippen molar-refractivity contribution in [2.45, 2.75) is 26.7 Å². The summed E-state index contributed by atoms with van der Waals surface area (Å²) < 4.78 is 5.68. The molecule has 0 aromatic heterocycles. The van der Waals surface area contributed by atoms with Gasteiger partial charge in [-0.25, -0.2) is 0 Å². The predicted octanol–water partition coefficient (Wildman–Crippen LogP) is 2.96. The second-order valence-electron chi connectivity index (χ2n) is 4.70. The standard InChI is InChI=1S/C14H18ClNO2/c1-10-8-12(9-11(2)14(10)15)18-7-6-16-5-3-4-13(16)17/h8-9H,3-7H2,1-2H3. The van der Waals surface area contributed by atoms with Crippen molar-refractivity contribution in [1.82, 2.24) is 4.90 Å². The molecule has 0 bridgehead atoms. The fraction of sp³-hybridized carbons (Fsp3) is 0.500. The van der Waals surface area contributed by atoms with Crippen LogP contribution in [-0.4, -0.2) is 30.5 Å². The van der Waals surface area contributed by atoms with E-state index in [9.17, 15) is 4.79 Å². The van der Waals surface area contributed by atoms with E-state index in [1.54, 1.807) is 0 Å². The van der Waals surface area contributed by atoms with Crippen LogP contribution in [0.4, 0.5) is 0 Å². The summed E-state index contributed by atoms with van der Waals surface area (Å²) in [4.78, 5) is 13.3. The molecule has 0 spiro atoms. The third kappa shape index (κ3) is 2.96. The molecule has 1 aliphatic heterocycles. The summed E-state index contributed by atoms with van der Waals surface area (Å²) in [5, 5.41) is 0.789. The van der Waals surface area contributed by atoms with Crippen molar-refractivity contribution in [3.63, 3.8) is 0 Å². The maximum absolute atomic E-state index is 11.4. The first-order valence-corrected chi connectivity index (χ1v) is 6.63. The number of likely N-dealkylation sites (tertiary alicyclic amines) is 1. The maximum atomic E-state index is 11.4. The van der Waals surface area contributed by atoms with Crippen LogP contribution in [0.1, 0.15) is 24.0 Å². The number of benzene rings is 1. The predicted molar refractivity (Wildman–Crippen MR) is 72.2 cm³/mol. The molecule has 0 N–H and O–H groups in total. The average molecular weight is 268 g/mol. The van der Waals surface area contributed by atoms with Gasteiger partial charge in [-0.1, -0.05) is 11.6 Å². The summed E-state index contributed by atoms with van der Waals surface area (Å²) in [5.74, 6) is 1.06. The van der Waals surface area contributed by atoms with Gasteiger partial charge in [0.2, 0.25) is 5.91 Å². The fourth-order valence-electron chi connectivity index (χ4n) is 2.20. The highest BCUT2D eigenvalue weighted by Crippen LogP contribution is 2.25. The number of hydrogen-bond donors (Lipinski definition) is 0. The van der Waals surface area contributed by atoms with Crippen molar-refractivity contribution in [3.8, 4) is 5.75 Å². The molecule has 1 aliphatic rings. The molecular weight excluding hydrogens is 250 g/mol. The van der Waals surface area contributed by atoms with Gasteiger partial charge in [0.25, 0.3) is 0 Å². The van der Waals surface area contributed by atoms with Crippen LogP contribution < -0.4 is 4.74 Å². The molecule has 3 nitrogen and oxygen atoms in total. The molecule has 0 radical (unpaired) electrons. The van der Waals surface area contributed by atoms with Gasteiger partial charge >= 0.3 is 0 Å². The van der Waals surface area contributed by atoms with E-state index in [1.807, 2.05) is 30.9 Å². The van der Waals surface area contributed by atoms with Crippen LogP contribution in [0.25, 0.3) is 0 Å². The van der Waals surface area contributed by atoms with E-state index in [-0.39, 0.29) is 5.91 Å². The van der Waals surface area contributed by atoms with Gasteiger partial charge in [0, 0.05) is 18.0 Å². The first kappa shape index (κ1) is 13.2. The van der Waals surface area contributed by atoms with Crippen LogP contribution in [0.15, 0.2) is 12.1 Å². The molecule has 1 aromatic rings. The van der Waals surface area contributed by atoms with Gasteiger partial charge in [0.1, 0.15) is 12.4 Å². The third-order valence-corrected chi connectivity index (χ3v) is 3.81. The number of amides is 1. The molecule has 1 amide bonds. The Labute approximate surface area is 113 Å². The number of halogens is 1. The lowest BCUT2D eigenvalue weighted by Crippen LogP contribution is -2.29. The van der Waals surface area contributed by atoms with Gasteiger partial charge in [-0.15, -0.1) is 0 Å². The second kappa shape index (κ2) is 5.61. The van der Waals surface area contributed by atoms with E-state index in [4.69, 9.17) is 16.3 Å². The average Bonchev–Trinajstić information content (AvgIpc) is 2.72. The summed E-state index contributed by atoms with van der Waals surface area (Å²) in [5.41, 5.74) is 2.04. The number of carbonyl (C=O) groups excluding carboxylic acids is 1. The lowest BCUT2D eigenvalue weighted by Gasteiger charge is -2.16. The molecule has 1 heterocycles. The van der Waals surface area contributed by atoms with Crippen molar-refractivity contribution >= 4 is 17.5 Å². The normalized spacial score (nSPS) is 15.3. The minimum absolute atomic E-state index is 0.238. The van der Waals surface area contributed by atoms with Crippen LogP contribution in [0, 0.1) is 13.8 Å². The summed E-state index contributed by atoms with van der Waals surface area (Å²) in [6.07, 6.45) is 1.65. The van der Waals surface area contributed by atoms with Gasteiger partial charge in [0.05, 0.1) is 6.54 Å². The molecular formula is C14H18ClNO2. The Bertz CT molecular complexity index is 436. The molecule has 0 aliphatic carbocycles. The quantitative estimate of drug-likeness (QED) is 0.839. The topological polar surface area (TPSA) is 29.5 Å². The Balaban J connectivity index is 1.88. The van der Waals surface area contributed by atoms with Crippen molar-refractivity contribution in [3.05, 3.63) is 28.3 Å². The first-order chi connectivity index (χ1) is 8.58. The second-order valence-corrected chi connectivity index (χ2v) is 5.08. The van der Waals surface area contributed by atoms with Crippen LogP contribution in [0.2, 0.25) is 5.02 Å². The molecule has 0 unspecified atom stereocenters. The zero-order valence-corrected chi connectivity index (χ0v) is 11.6. The molecule has 0 saturated carbocycles. The van der Waals surface area contributed by atoms with Crippen molar-refractivity contribution in [2.24, 2.45) is 0 Å². The highest BCUT2D eigenvalue weighted by molar-refractivity contribution is 6.32. The van der Waals surface area contributed by atoms with Crippen molar-refractivity contribution in [1.29, 1.82) is 0 Å². The van der Waals surface area contributed by atoms with Gasteiger partial charge in [-0.05, 0) is 43.5 Å². The summed E-state index contributed by atoms with van der Waals surface area (Å²) in [6, 6.07) is 3.86. The Morgan fingerprint density at radius 2 is 2.00 bits per heavy atom. The minimum Gasteiger partial charge on any atom is -0.492 e. The van der Waals surface area contributed by atoms with E-state index in [2.05, 4.69) is 0 Å². The highest BCUT2D eigenvalue weighted by Gasteiger charge is 2.19. The smallest absolute Gasteiger partial charge is 0.222 e. The zero-order valence-electron chi connectivity index (χ0n) is 10.8. The lowest BCUT2D eigenvalue weighted by atomic mass is 10.1. The Morgan fingerprint density at radius 1 is 1.33 bits per heavy atom. The van der Waals surface area contributed by atoms with E-state index in [1.165, 1.54) is 0 Å². The number of aryl methyl sites for hydroxylation is 2. The summed E-state index contributed by atoms with van der Waals surface area (Å²) in [7, 11) is 0. The van der Waals surface area contributed by atoms with Crippen LogP contribution in [0.3, 0.4) is 0 Å². The minimum atomic E-state index is 0.238. The number of rotatable bonds is 4. The Hall–Kier alpha value is -1.22. The number of hydrogen-bond acceptors (Lipinski definition) is 2. The fourth-order valence-corrected chi connectivity index (χ4v) is 2.31. The van der Waals surface area contributed by atoms with Crippen molar-refractivity contribution < 1.29 is 9.53 Å². The van der Waals surface area contributed by atoms with Crippen molar-refractivity contribution in [2.75, 3.05) is 19.7 Å². The largest absolute Gasteiger partial charge is 0.492 e. The highest BCUT2D eigenvalue weighted by atomic mass is 35.5. The van der Waals surface area contributed by atoms with Crippen LogP contribution in [0.5, 0.6) is 5.75 Å². The summed E-state index contributed by atoms with van der Waals surface area (Å²) in [6.45, 7) is 5.99. The number of carbonyl (C=O) groups is 1. The Morgan fingerprint density at radius 3 is 2.56 bits per heavy atom. The summed E-state index contributed by atoms with van der Waals surface area (Å²) >= 11 is 6.10. The third-order valence-electron chi connectivity index (χ3n) is 3.21. The molecule has 4 heteroatoms. The van der Waals surface area contributed by atoms with E-state index < -0.39 is 0 Å². The first-order valence-electron chi connectivity index (χ1n) is 6.25. The van der Waals surface area contributed by atoms with E-state index >= 15 is 0 Å².